The smallest absolute Gasteiger partial charge is 0.368 e. The lowest BCUT2D eigenvalue weighted by molar-refractivity contribution is 0.129. The number of ether oxygens (including phenoxy) is 1. The Morgan fingerprint density at radius 1 is 1.35 bits per heavy atom. The monoisotopic (exact) mass is 324 g/mol. The molecule has 1 aromatic heterocycles. The van der Waals surface area contributed by atoms with E-state index >= 15 is 0 Å². The Morgan fingerprint density at radius 2 is 2.00 bits per heavy atom. The quantitative estimate of drug-likeness (QED) is 0.913. The van der Waals surface area contributed by atoms with Gasteiger partial charge in [0, 0.05) is 13.1 Å². The number of aliphatic hydroxyl groups excluding tert-OH is 1. The molecule has 0 radical (unpaired) electrons. The molecule has 0 saturated heterocycles. The third kappa shape index (κ3) is 3.42. The van der Waals surface area contributed by atoms with Crippen LogP contribution in [0.1, 0.15) is 33.3 Å². The number of rotatable bonds is 4. The predicted octanol–water partition coefficient (Wildman–Crippen LogP) is 1.16. The van der Waals surface area contributed by atoms with Crippen molar-refractivity contribution < 1.29 is 14.2 Å². The van der Waals surface area contributed by atoms with Gasteiger partial charge in [0.15, 0.2) is 0 Å². The third-order valence-electron chi connectivity index (χ3n) is 3.39. The van der Waals surface area contributed by atoms with Crippen LogP contribution in [0.15, 0.2) is 16.9 Å². The molecule has 2 aromatic rings. The van der Waals surface area contributed by atoms with Crippen LogP contribution >= 0.6 is 0 Å². The Bertz CT molecular complexity index is 761. The van der Waals surface area contributed by atoms with Crippen LogP contribution in [0.5, 0.6) is 5.75 Å². The lowest BCUT2D eigenvalue weighted by atomic mass is 9.86. The van der Waals surface area contributed by atoms with Crippen molar-refractivity contribution in [2.75, 3.05) is 6.61 Å². The maximum absolute atomic E-state index is 14.4. The van der Waals surface area contributed by atoms with Crippen molar-refractivity contribution in [1.82, 2.24) is 19.8 Å². The second-order valence-electron chi connectivity index (χ2n) is 6.46. The standard InChI is InChI=1S/C15H21FN4O3/c1-9(8-21)23-13-7-11(16)10(15(2,3)4)6-12(13)20-14(22)19(5)17-18-20/h6-7,9,21H,8H2,1-5H3/t9-/m1/s1. The van der Waals surface area contributed by atoms with Crippen LogP contribution in [0.25, 0.3) is 5.69 Å². The number of hydrogen-bond donors (Lipinski definition) is 1. The molecule has 0 spiro atoms. The van der Waals surface area contributed by atoms with Crippen LogP contribution in [-0.4, -0.2) is 37.6 Å². The molecule has 0 aliphatic heterocycles. The van der Waals surface area contributed by atoms with Crippen molar-refractivity contribution >= 4 is 0 Å². The second-order valence-corrected chi connectivity index (χ2v) is 6.46. The Morgan fingerprint density at radius 3 is 2.48 bits per heavy atom. The summed E-state index contributed by atoms with van der Waals surface area (Å²) in [5, 5.41) is 16.6. The summed E-state index contributed by atoms with van der Waals surface area (Å²) in [5.74, 6) is -0.321. The number of aromatic nitrogens is 4. The zero-order chi connectivity index (χ0) is 17.4. The van der Waals surface area contributed by atoms with Crippen molar-refractivity contribution in [1.29, 1.82) is 0 Å². The van der Waals surface area contributed by atoms with E-state index in [4.69, 9.17) is 9.84 Å². The van der Waals surface area contributed by atoms with E-state index in [1.165, 1.54) is 19.2 Å². The molecule has 0 aliphatic carbocycles. The molecular formula is C15H21FN4O3. The zero-order valence-corrected chi connectivity index (χ0v) is 13.9. The predicted molar refractivity (Wildman–Crippen MR) is 82.4 cm³/mol. The van der Waals surface area contributed by atoms with Gasteiger partial charge in [0.2, 0.25) is 0 Å². The fraction of sp³-hybridized carbons (Fsp3) is 0.533. The van der Waals surface area contributed by atoms with Crippen LogP contribution in [0, 0.1) is 5.82 Å². The topological polar surface area (TPSA) is 82.2 Å². The van der Waals surface area contributed by atoms with Crippen LogP contribution in [0.2, 0.25) is 0 Å². The maximum Gasteiger partial charge on any atom is 0.368 e. The Balaban J connectivity index is 2.69. The molecule has 7 nitrogen and oxygen atoms in total. The first-order valence-corrected chi connectivity index (χ1v) is 7.26. The van der Waals surface area contributed by atoms with E-state index in [2.05, 4.69) is 10.4 Å². The average Bonchev–Trinajstić information content (AvgIpc) is 2.78. The highest BCUT2D eigenvalue weighted by Crippen LogP contribution is 2.32. The molecule has 0 saturated carbocycles. The van der Waals surface area contributed by atoms with Crippen LogP contribution < -0.4 is 10.4 Å². The zero-order valence-electron chi connectivity index (χ0n) is 13.9. The Kier molecular flexibility index (Phi) is 4.56. The highest BCUT2D eigenvalue weighted by atomic mass is 19.1. The lowest BCUT2D eigenvalue weighted by Crippen LogP contribution is -2.25. The molecule has 0 aliphatic rings. The molecule has 0 unspecified atom stereocenters. The van der Waals surface area contributed by atoms with E-state index in [0.29, 0.717) is 5.56 Å². The summed E-state index contributed by atoms with van der Waals surface area (Å²) in [6.45, 7) is 7.00. The minimum absolute atomic E-state index is 0.125. The summed E-state index contributed by atoms with van der Waals surface area (Å²) in [6, 6.07) is 2.74. The van der Waals surface area contributed by atoms with Crippen molar-refractivity contribution in [3.63, 3.8) is 0 Å². The molecule has 0 bridgehead atoms. The average molecular weight is 324 g/mol. The first kappa shape index (κ1) is 17.1. The van der Waals surface area contributed by atoms with Gasteiger partial charge in [-0.3, -0.25) is 0 Å². The maximum atomic E-state index is 14.4. The Labute approximate surface area is 133 Å². The highest BCUT2D eigenvalue weighted by Gasteiger charge is 2.24. The summed E-state index contributed by atoms with van der Waals surface area (Å²) >= 11 is 0. The van der Waals surface area contributed by atoms with Crippen molar-refractivity contribution in [2.24, 2.45) is 7.05 Å². The van der Waals surface area contributed by atoms with Gasteiger partial charge in [0.05, 0.1) is 6.61 Å². The summed E-state index contributed by atoms with van der Waals surface area (Å²) in [4.78, 5) is 12.1. The molecule has 1 aromatic carbocycles. The number of benzene rings is 1. The molecule has 1 atom stereocenters. The van der Waals surface area contributed by atoms with E-state index in [0.717, 1.165) is 9.36 Å². The number of tetrazole rings is 1. The van der Waals surface area contributed by atoms with Crippen molar-refractivity contribution in [2.45, 2.75) is 39.2 Å². The lowest BCUT2D eigenvalue weighted by Gasteiger charge is -2.23. The van der Waals surface area contributed by atoms with Gasteiger partial charge in [-0.05, 0) is 34.4 Å². The van der Waals surface area contributed by atoms with Gasteiger partial charge in [-0.25, -0.2) is 9.18 Å². The summed E-state index contributed by atoms with van der Waals surface area (Å²) in [7, 11) is 1.47. The number of nitrogens with zero attached hydrogens (tertiary/aromatic N) is 4. The largest absolute Gasteiger partial charge is 0.486 e. The van der Waals surface area contributed by atoms with Gasteiger partial charge < -0.3 is 9.84 Å². The Hall–Kier alpha value is -2.22. The summed E-state index contributed by atoms with van der Waals surface area (Å²) in [5.41, 5.74) is -0.229. The number of halogens is 1. The summed E-state index contributed by atoms with van der Waals surface area (Å²) in [6.07, 6.45) is -0.555. The van der Waals surface area contributed by atoms with Gasteiger partial charge in [0.25, 0.3) is 0 Å². The molecule has 126 valence electrons. The van der Waals surface area contributed by atoms with E-state index in [9.17, 15) is 9.18 Å². The fourth-order valence-corrected chi connectivity index (χ4v) is 2.10. The summed E-state index contributed by atoms with van der Waals surface area (Å²) < 4.78 is 22.1. The van der Waals surface area contributed by atoms with Crippen LogP contribution in [-0.2, 0) is 12.5 Å². The minimum Gasteiger partial charge on any atom is -0.486 e. The van der Waals surface area contributed by atoms with E-state index in [1.807, 2.05) is 20.8 Å². The molecule has 1 N–H and O–H groups in total. The fourth-order valence-electron chi connectivity index (χ4n) is 2.10. The number of hydrogen-bond acceptors (Lipinski definition) is 5. The first-order valence-electron chi connectivity index (χ1n) is 7.26. The molecule has 23 heavy (non-hydrogen) atoms. The third-order valence-corrected chi connectivity index (χ3v) is 3.39. The van der Waals surface area contributed by atoms with Crippen LogP contribution in [0.3, 0.4) is 0 Å². The molecule has 8 heteroatoms. The van der Waals surface area contributed by atoms with Gasteiger partial charge >= 0.3 is 5.69 Å². The minimum atomic E-state index is -0.555. The SMILES string of the molecule is C[C@H](CO)Oc1cc(F)c(C(C)(C)C)cc1-n1nnn(C)c1=O. The molecule has 1 heterocycles. The molecular weight excluding hydrogens is 303 g/mol. The van der Waals surface area contributed by atoms with Gasteiger partial charge in [-0.2, -0.15) is 9.36 Å². The van der Waals surface area contributed by atoms with E-state index < -0.39 is 23.0 Å². The van der Waals surface area contributed by atoms with Gasteiger partial charge in [-0.1, -0.05) is 20.8 Å². The normalized spacial score (nSPS) is 13.2. The van der Waals surface area contributed by atoms with E-state index in [1.54, 1.807) is 6.92 Å². The van der Waals surface area contributed by atoms with E-state index in [-0.39, 0.29) is 18.0 Å². The molecule has 2 rings (SSSR count). The first-order chi connectivity index (χ1) is 10.6. The molecule has 0 fully saturated rings. The number of aryl methyl sites for hydroxylation is 1. The van der Waals surface area contributed by atoms with Crippen LogP contribution in [0.4, 0.5) is 4.39 Å². The van der Waals surface area contributed by atoms with Gasteiger partial charge in [0.1, 0.15) is 23.4 Å². The highest BCUT2D eigenvalue weighted by molar-refractivity contribution is 5.50. The number of aliphatic hydroxyl groups is 1. The second kappa shape index (κ2) is 6.11. The van der Waals surface area contributed by atoms with Crippen molar-refractivity contribution in [3.05, 3.63) is 34.0 Å². The molecule has 0 amide bonds. The van der Waals surface area contributed by atoms with Gasteiger partial charge in [-0.15, -0.1) is 0 Å². The van der Waals surface area contributed by atoms with Crippen molar-refractivity contribution in [3.8, 4) is 11.4 Å².